The number of benzene rings is 2. The van der Waals surface area contributed by atoms with Gasteiger partial charge in [-0.2, -0.15) is 0 Å². The second-order valence-electron chi connectivity index (χ2n) is 6.29. The number of aromatic amines is 1. The molecule has 7 heteroatoms. The number of methoxy groups -OCH3 is 2. The number of H-pyrrole nitrogens is 1. The lowest BCUT2D eigenvalue weighted by molar-refractivity contribution is 0.355. The molecule has 0 spiro atoms. The molecule has 0 fully saturated rings. The zero-order valence-corrected chi connectivity index (χ0v) is 16.8. The average molecular weight is 405 g/mol. The van der Waals surface area contributed by atoms with Crippen molar-refractivity contribution in [1.82, 2.24) is 15.0 Å². The van der Waals surface area contributed by atoms with E-state index in [0.717, 1.165) is 22.2 Å². The number of hydrogen-bond donors (Lipinski definition) is 1. The Balaban J connectivity index is 1.57. The van der Waals surface area contributed by atoms with Crippen LogP contribution in [0, 0.1) is 0 Å². The van der Waals surface area contributed by atoms with Crippen LogP contribution in [-0.4, -0.2) is 29.2 Å². The molecule has 29 heavy (non-hydrogen) atoms. The van der Waals surface area contributed by atoms with E-state index in [4.69, 9.17) is 9.47 Å². The zero-order chi connectivity index (χ0) is 20.2. The molecule has 0 saturated carbocycles. The van der Waals surface area contributed by atoms with Crippen molar-refractivity contribution in [3.8, 4) is 22.8 Å². The number of aromatic nitrogens is 3. The molecule has 0 radical (unpaired) electrons. The van der Waals surface area contributed by atoms with Gasteiger partial charge in [0, 0.05) is 28.6 Å². The summed E-state index contributed by atoms with van der Waals surface area (Å²) in [6.07, 6.45) is 1.71. The van der Waals surface area contributed by atoms with Crippen molar-refractivity contribution in [1.29, 1.82) is 0 Å². The number of rotatable bonds is 6. The second-order valence-corrected chi connectivity index (χ2v) is 7.24. The summed E-state index contributed by atoms with van der Waals surface area (Å²) < 4.78 is 10.7. The predicted molar refractivity (Wildman–Crippen MR) is 115 cm³/mol. The van der Waals surface area contributed by atoms with Crippen LogP contribution in [0.5, 0.6) is 11.5 Å². The molecule has 2 heterocycles. The van der Waals surface area contributed by atoms with Crippen molar-refractivity contribution < 1.29 is 9.47 Å². The van der Waals surface area contributed by atoms with Crippen molar-refractivity contribution in [3.63, 3.8) is 0 Å². The van der Waals surface area contributed by atoms with Gasteiger partial charge in [-0.25, -0.2) is 9.97 Å². The summed E-state index contributed by atoms with van der Waals surface area (Å²) in [5, 5.41) is 1.60. The van der Waals surface area contributed by atoms with Crippen molar-refractivity contribution in [3.05, 3.63) is 76.7 Å². The van der Waals surface area contributed by atoms with Gasteiger partial charge in [0.15, 0.2) is 16.7 Å². The van der Waals surface area contributed by atoms with Crippen molar-refractivity contribution in [2.24, 2.45) is 0 Å². The standard InChI is InChI=1S/C22H19N3O3S/c1-27-19-8-7-15(12-20(19)28-2)18-9-10-23-22(25-18)29-13-16-11-14-5-3-4-6-17(14)24-21(16)26/h3-12H,13H2,1-2H3,(H,24,26). The number of pyridine rings is 1. The van der Waals surface area contributed by atoms with E-state index >= 15 is 0 Å². The van der Waals surface area contributed by atoms with Crippen molar-refractivity contribution in [2.75, 3.05) is 14.2 Å². The minimum absolute atomic E-state index is 0.0905. The van der Waals surface area contributed by atoms with E-state index < -0.39 is 0 Å². The molecule has 4 aromatic rings. The van der Waals surface area contributed by atoms with E-state index in [0.29, 0.717) is 28.0 Å². The highest BCUT2D eigenvalue weighted by atomic mass is 32.2. The lowest BCUT2D eigenvalue weighted by Gasteiger charge is -2.09. The maximum absolute atomic E-state index is 12.3. The highest BCUT2D eigenvalue weighted by molar-refractivity contribution is 7.98. The highest BCUT2D eigenvalue weighted by Gasteiger charge is 2.10. The van der Waals surface area contributed by atoms with Crippen LogP contribution in [0.3, 0.4) is 0 Å². The fourth-order valence-electron chi connectivity index (χ4n) is 3.01. The molecular weight excluding hydrogens is 386 g/mol. The zero-order valence-electron chi connectivity index (χ0n) is 16.0. The first-order chi connectivity index (χ1) is 14.2. The number of ether oxygens (including phenoxy) is 2. The molecule has 2 aromatic heterocycles. The number of nitrogens with zero attached hydrogens (tertiary/aromatic N) is 2. The SMILES string of the molecule is COc1ccc(-c2ccnc(SCc3cc4ccccc4[nH]c3=O)n2)cc1OC. The first-order valence-corrected chi connectivity index (χ1v) is 9.95. The van der Waals surface area contributed by atoms with Gasteiger partial charge in [-0.05, 0) is 41.8 Å². The molecule has 2 aromatic carbocycles. The lowest BCUT2D eigenvalue weighted by Crippen LogP contribution is -2.11. The normalized spacial score (nSPS) is 10.8. The van der Waals surface area contributed by atoms with Crippen LogP contribution in [0.1, 0.15) is 5.56 Å². The molecule has 0 amide bonds. The van der Waals surface area contributed by atoms with Gasteiger partial charge in [-0.15, -0.1) is 0 Å². The first kappa shape index (κ1) is 19.0. The number of thioether (sulfide) groups is 1. The van der Waals surface area contributed by atoms with Gasteiger partial charge in [0.25, 0.3) is 5.56 Å². The Labute approximate surface area is 171 Å². The smallest absolute Gasteiger partial charge is 0.252 e. The summed E-state index contributed by atoms with van der Waals surface area (Å²) in [7, 11) is 3.20. The molecule has 0 aliphatic heterocycles. The van der Waals surface area contributed by atoms with E-state index in [-0.39, 0.29) is 5.56 Å². The third-order valence-electron chi connectivity index (χ3n) is 4.50. The largest absolute Gasteiger partial charge is 0.493 e. The molecule has 0 aliphatic rings. The van der Waals surface area contributed by atoms with Gasteiger partial charge < -0.3 is 14.5 Å². The number of nitrogens with one attached hydrogen (secondary N) is 1. The van der Waals surface area contributed by atoms with Crippen LogP contribution in [0.25, 0.3) is 22.2 Å². The Morgan fingerprint density at radius 1 is 1.00 bits per heavy atom. The minimum atomic E-state index is -0.0905. The van der Waals surface area contributed by atoms with E-state index in [1.165, 1.54) is 11.8 Å². The lowest BCUT2D eigenvalue weighted by atomic mass is 10.1. The molecule has 6 nitrogen and oxygen atoms in total. The van der Waals surface area contributed by atoms with Crippen LogP contribution in [0.4, 0.5) is 0 Å². The number of para-hydroxylation sites is 1. The summed E-state index contributed by atoms with van der Waals surface area (Å²) in [5.74, 6) is 1.78. The van der Waals surface area contributed by atoms with Gasteiger partial charge in [0.2, 0.25) is 0 Å². The Bertz CT molecular complexity index is 1220. The monoisotopic (exact) mass is 405 g/mol. The Kier molecular flexibility index (Phi) is 5.48. The molecule has 146 valence electrons. The third-order valence-corrected chi connectivity index (χ3v) is 5.41. The minimum Gasteiger partial charge on any atom is -0.493 e. The highest BCUT2D eigenvalue weighted by Crippen LogP contribution is 2.32. The summed E-state index contributed by atoms with van der Waals surface area (Å²) in [4.78, 5) is 24.2. The van der Waals surface area contributed by atoms with Crippen LogP contribution in [0.15, 0.2) is 70.7 Å². The topological polar surface area (TPSA) is 77.1 Å². The van der Waals surface area contributed by atoms with Crippen molar-refractivity contribution in [2.45, 2.75) is 10.9 Å². The fourth-order valence-corrected chi connectivity index (χ4v) is 3.81. The molecule has 0 bridgehead atoms. The van der Waals surface area contributed by atoms with Crippen LogP contribution >= 0.6 is 11.8 Å². The van der Waals surface area contributed by atoms with E-state index in [9.17, 15) is 4.79 Å². The summed E-state index contributed by atoms with van der Waals surface area (Å²) >= 11 is 1.42. The molecule has 0 unspecified atom stereocenters. The van der Waals surface area contributed by atoms with Gasteiger partial charge in [0.05, 0.1) is 19.9 Å². The molecule has 4 rings (SSSR count). The van der Waals surface area contributed by atoms with E-state index in [1.54, 1.807) is 20.4 Å². The van der Waals surface area contributed by atoms with E-state index in [1.807, 2.05) is 54.6 Å². The molecule has 0 saturated heterocycles. The predicted octanol–water partition coefficient (Wildman–Crippen LogP) is 4.29. The van der Waals surface area contributed by atoms with Gasteiger partial charge in [-0.1, -0.05) is 30.0 Å². The Hall–Kier alpha value is -3.32. The van der Waals surface area contributed by atoms with Gasteiger partial charge in [0.1, 0.15) is 0 Å². The van der Waals surface area contributed by atoms with Gasteiger partial charge in [-0.3, -0.25) is 4.79 Å². The summed E-state index contributed by atoms with van der Waals surface area (Å²) in [6.45, 7) is 0. The molecular formula is C22H19N3O3S. The summed E-state index contributed by atoms with van der Waals surface area (Å²) in [6, 6.07) is 17.1. The summed E-state index contributed by atoms with van der Waals surface area (Å²) in [5.41, 5.74) is 3.10. The Morgan fingerprint density at radius 2 is 1.83 bits per heavy atom. The molecule has 0 aliphatic carbocycles. The molecule has 0 atom stereocenters. The number of hydrogen-bond acceptors (Lipinski definition) is 6. The molecule has 1 N–H and O–H groups in total. The van der Waals surface area contributed by atoms with Crippen LogP contribution in [0.2, 0.25) is 0 Å². The quantitative estimate of drug-likeness (QED) is 0.381. The average Bonchev–Trinajstić information content (AvgIpc) is 2.77. The van der Waals surface area contributed by atoms with Gasteiger partial charge >= 0.3 is 0 Å². The van der Waals surface area contributed by atoms with Crippen molar-refractivity contribution >= 4 is 22.7 Å². The third kappa shape index (κ3) is 4.09. The first-order valence-electron chi connectivity index (χ1n) is 8.97. The van der Waals surface area contributed by atoms with E-state index in [2.05, 4.69) is 15.0 Å². The Morgan fingerprint density at radius 3 is 2.66 bits per heavy atom. The van der Waals surface area contributed by atoms with Crippen LogP contribution in [-0.2, 0) is 5.75 Å². The fraction of sp³-hybridized carbons (Fsp3) is 0.136. The van der Waals surface area contributed by atoms with Crippen LogP contribution < -0.4 is 15.0 Å². The maximum Gasteiger partial charge on any atom is 0.252 e. The second kappa shape index (κ2) is 8.36. The maximum atomic E-state index is 12.3. The number of fused-ring (bicyclic) bond motifs is 1.